The van der Waals surface area contributed by atoms with E-state index in [9.17, 15) is 0 Å². The van der Waals surface area contributed by atoms with Gasteiger partial charge >= 0.3 is 0 Å². The van der Waals surface area contributed by atoms with Crippen LogP contribution in [0.5, 0.6) is 0 Å². The van der Waals surface area contributed by atoms with Crippen LogP contribution in [0.1, 0.15) is 5.56 Å². The summed E-state index contributed by atoms with van der Waals surface area (Å²) in [5, 5.41) is 7.36. The molecule has 9 heteroatoms. The highest BCUT2D eigenvalue weighted by Crippen LogP contribution is 2.10. The Morgan fingerprint density at radius 1 is 1.24 bits per heavy atom. The van der Waals surface area contributed by atoms with Crippen molar-refractivity contribution in [2.45, 2.75) is 6.42 Å². The molecule has 108 valence electrons. The Kier molecular flexibility index (Phi) is 4.03. The summed E-state index contributed by atoms with van der Waals surface area (Å²) in [5.74, 6) is 6.61. The first kappa shape index (κ1) is 13.5. The molecule has 0 aliphatic heterocycles. The smallest absolute Gasteiger partial charge is 0.243 e. The number of rotatable bonds is 6. The molecule has 0 bridgehead atoms. The Bertz CT molecular complexity index is 679. The van der Waals surface area contributed by atoms with E-state index in [1.165, 1.54) is 5.56 Å². The zero-order valence-electron chi connectivity index (χ0n) is 11.1. The minimum absolute atomic E-state index is 0.298. The highest BCUT2D eigenvalue weighted by Gasteiger charge is 2.07. The molecule has 4 N–H and O–H groups in total. The van der Waals surface area contributed by atoms with Crippen molar-refractivity contribution in [2.75, 3.05) is 17.3 Å². The zero-order chi connectivity index (χ0) is 14.5. The molecule has 0 fully saturated rings. The molecule has 0 aliphatic rings. The fraction of sp³-hybridized carbons (Fsp3) is 0.167. The van der Waals surface area contributed by atoms with Crippen molar-refractivity contribution in [1.29, 1.82) is 0 Å². The third-order valence-electron chi connectivity index (χ3n) is 2.76. The summed E-state index contributed by atoms with van der Waals surface area (Å²) in [6.45, 7) is 0.730. The number of anilines is 2. The molecule has 3 aromatic heterocycles. The molecule has 3 aromatic rings. The summed E-state index contributed by atoms with van der Waals surface area (Å²) < 4.78 is 1.69. The van der Waals surface area contributed by atoms with E-state index in [1.54, 1.807) is 34.6 Å². The van der Waals surface area contributed by atoms with E-state index < -0.39 is 0 Å². The topological polar surface area (TPSA) is 107 Å². The Labute approximate surface area is 125 Å². The number of nitrogen functional groups attached to an aromatic ring is 1. The number of imidazole rings is 1. The van der Waals surface area contributed by atoms with Gasteiger partial charge in [0.25, 0.3) is 0 Å². The van der Waals surface area contributed by atoms with Crippen molar-refractivity contribution in [3.05, 3.63) is 41.1 Å². The van der Waals surface area contributed by atoms with Crippen LogP contribution in [0.4, 0.5) is 11.9 Å². The van der Waals surface area contributed by atoms with Crippen molar-refractivity contribution in [1.82, 2.24) is 24.5 Å². The Morgan fingerprint density at radius 3 is 2.86 bits per heavy atom. The average molecular weight is 302 g/mol. The van der Waals surface area contributed by atoms with Gasteiger partial charge in [0.2, 0.25) is 17.8 Å². The van der Waals surface area contributed by atoms with E-state index in [1.807, 2.05) is 0 Å². The van der Waals surface area contributed by atoms with Crippen LogP contribution in [0.3, 0.4) is 0 Å². The van der Waals surface area contributed by atoms with E-state index in [4.69, 9.17) is 5.84 Å². The first-order chi connectivity index (χ1) is 10.3. The summed E-state index contributed by atoms with van der Waals surface area (Å²) >= 11 is 1.69. The largest absolute Gasteiger partial charge is 0.354 e. The van der Waals surface area contributed by atoms with Crippen LogP contribution in [0.15, 0.2) is 35.5 Å². The molecule has 0 aromatic carbocycles. The number of thiophene rings is 1. The van der Waals surface area contributed by atoms with Crippen molar-refractivity contribution in [3.8, 4) is 5.95 Å². The predicted octanol–water partition coefficient (Wildman–Crippen LogP) is 1.06. The van der Waals surface area contributed by atoms with Crippen molar-refractivity contribution >= 4 is 23.2 Å². The molecule has 0 amide bonds. The second-order valence-electron chi connectivity index (χ2n) is 4.21. The normalized spacial score (nSPS) is 10.5. The van der Waals surface area contributed by atoms with Gasteiger partial charge in [0.05, 0.1) is 0 Å². The van der Waals surface area contributed by atoms with Gasteiger partial charge in [0, 0.05) is 18.9 Å². The molecule has 0 aliphatic carbocycles. The lowest BCUT2D eigenvalue weighted by atomic mass is 10.2. The minimum Gasteiger partial charge on any atom is -0.354 e. The number of hydrazine groups is 1. The summed E-state index contributed by atoms with van der Waals surface area (Å²) in [7, 11) is 0. The Morgan fingerprint density at radius 2 is 2.14 bits per heavy atom. The SMILES string of the molecule is NNc1nc(NCCc2ccsc2)nc(-n2ccnc2)n1. The van der Waals surface area contributed by atoms with Crippen LogP contribution < -0.4 is 16.6 Å². The maximum atomic E-state index is 5.39. The maximum absolute atomic E-state index is 5.39. The van der Waals surface area contributed by atoms with E-state index in [0.717, 1.165) is 13.0 Å². The van der Waals surface area contributed by atoms with Crippen LogP contribution >= 0.6 is 11.3 Å². The molecular formula is C12H14N8S. The summed E-state index contributed by atoms with van der Waals surface area (Å²) in [6, 6.07) is 2.10. The second kappa shape index (κ2) is 6.29. The maximum Gasteiger partial charge on any atom is 0.243 e. The average Bonchev–Trinajstić information content (AvgIpc) is 3.20. The van der Waals surface area contributed by atoms with E-state index in [-0.39, 0.29) is 0 Å². The van der Waals surface area contributed by atoms with Gasteiger partial charge in [-0.3, -0.25) is 9.99 Å². The third kappa shape index (κ3) is 3.33. The first-order valence-electron chi connectivity index (χ1n) is 6.31. The molecule has 8 nitrogen and oxygen atoms in total. The number of nitrogens with one attached hydrogen (secondary N) is 2. The molecule has 21 heavy (non-hydrogen) atoms. The van der Waals surface area contributed by atoms with Crippen molar-refractivity contribution in [3.63, 3.8) is 0 Å². The Balaban J connectivity index is 1.73. The van der Waals surface area contributed by atoms with Gasteiger partial charge in [0.15, 0.2) is 0 Å². The fourth-order valence-electron chi connectivity index (χ4n) is 1.75. The molecular weight excluding hydrogens is 288 g/mol. The molecule has 0 spiro atoms. The highest BCUT2D eigenvalue weighted by atomic mass is 32.1. The van der Waals surface area contributed by atoms with E-state index in [2.05, 4.69) is 47.5 Å². The van der Waals surface area contributed by atoms with Crippen LogP contribution in [0.2, 0.25) is 0 Å². The van der Waals surface area contributed by atoms with Crippen molar-refractivity contribution < 1.29 is 0 Å². The molecule has 3 heterocycles. The predicted molar refractivity (Wildman–Crippen MR) is 81.3 cm³/mol. The van der Waals surface area contributed by atoms with Gasteiger partial charge in [-0.2, -0.15) is 26.3 Å². The first-order valence-corrected chi connectivity index (χ1v) is 7.25. The fourth-order valence-corrected chi connectivity index (χ4v) is 2.46. The summed E-state index contributed by atoms with van der Waals surface area (Å²) in [6.07, 6.45) is 5.93. The van der Waals surface area contributed by atoms with Gasteiger partial charge in [-0.1, -0.05) is 0 Å². The highest BCUT2D eigenvalue weighted by molar-refractivity contribution is 7.07. The van der Waals surface area contributed by atoms with Crippen LogP contribution in [0, 0.1) is 0 Å². The zero-order valence-corrected chi connectivity index (χ0v) is 11.9. The lowest BCUT2D eigenvalue weighted by molar-refractivity contribution is 0.883. The van der Waals surface area contributed by atoms with Gasteiger partial charge in [-0.25, -0.2) is 10.8 Å². The Hall–Kier alpha value is -2.52. The molecule has 0 radical (unpaired) electrons. The number of hydrogen-bond acceptors (Lipinski definition) is 8. The van der Waals surface area contributed by atoms with Crippen LogP contribution in [-0.4, -0.2) is 31.0 Å². The van der Waals surface area contributed by atoms with E-state index >= 15 is 0 Å². The van der Waals surface area contributed by atoms with Gasteiger partial charge in [-0.15, -0.1) is 0 Å². The van der Waals surface area contributed by atoms with E-state index in [0.29, 0.717) is 17.8 Å². The molecule has 0 atom stereocenters. The second-order valence-corrected chi connectivity index (χ2v) is 4.99. The summed E-state index contributed by atoms with van der Waals surface area (Å²) in [4.78, 5) is 16.7. The molecule has 0 unspecified atom stereocenters. The van der Waals surface area contributed by atoms with Crippen LogP contribution in [0.25, 0.3) is 5.95 Å². The quantitative estimate of drug-likeness (QED) is 0.461. The monoisotopic (exact) mass is 302 g/mol. The molecule has 0 saturated heterocycles. The number of aromatic nitrogens is 5. The van der Waals surface area contributed by atoms with Gasteiger partial charge in [0.1, 0.15) is 6.33 Å². The van der Waals surface area contributed by atoms with Crippen LogP contribution in [-0.2, 0) is 6.42 Å². The number of nitrogens with zero attached hydrogens (tertiary/aromatic N) is 5. The van der Waals surface area contributed by atoms with Gasteiger partial charge in [-0.05, 0) is 28.8 Å². The lowest BCUT2D eigenvalue weighted by Gasteiger charge is -2.08. The minimum atomic E-state index is 0.298. The number of hydrogen-bond donors (Lipinski definition) is 3. The lowest BCUT2D eigenvalue weighted by Crippen LogP contribution is -2.16. The van der Waals surface area contributed by atoms with Crippen molar-refractivity contribution in [2.24, 2.45) is 5.84 Å². The third-order valence-corrected chi connectivity index (χ3v) is 3.50. The van der Waals surface area contributed by atoms with Gasteiger partial charge < -0.3 is 5.32 Å². The molecule has 0 saturated carbocycles. The standard InChI is InChI=1S/C12H14N8S/c13-19-11-16-10(15-3-1-9-2-6-21-7-9)17-12(18-11)20-5-4-14-8-20/h2,4-8H,1,3,13H2,(H2,15,16,17,18,19). The summed E-state index contributed by atoms with van der Waals surface area (Å²) in [5.41, 5.74) is 3.73. The molecule has 3 rings (SSSR count). The number of nitrogens with two attached hydrogens (primary N) is 1.